The van der Waals surface area contributed by atoms with Crippen molar-refractivity contribution in [1.82, 2.24) is 10.3 Å². The zero-order valence-corrected chi connectivity index (χ0v) is 11.9. The molecular formula is C16H17F3N2. The number of benzene rings is 1. The van der Waals surface area contributed by atoms with Crippen LogP contribution in [0.5, 0.6) is 0 Å². The van der Waals surface area contributed by atoms with Crippen LogP contribution in [0, 0.1) is 6.92 Å². The average Bonchev–Trinajstić information content (AvgIpc) is 2.44. The fraction of sp³-hybridized carbons (Fsp3) is 0.312. The molecular weight excluding hydrogens is 277 g/mol. The van der Waals surface area contributed by atoms with E-state index in [1.807, 2.05) is 19.1 Å². The maximum atomic E-state index is 13.0. The van der Waals surface area contributed by atoms with Gasteiger partial charge in [0.25, 0.3) is 0 Å². The second-order valence-corrected chi connectivity index (χ2v) is 4.99. The van der Waals surface area contributed by atoms with Crippen LogP contribution in [0.15, 0.2) is 42.6 Å². The summed E-state index contributed by atoms with van der Waals surface area (Å²) in [7, 11) is 0. The quantitative estimate of drug-likeness (QED) is 0.911. The maximum Gasteiger partial charge on any atom is 0.416 e. The highest BCUT2D eigenvalue weighted by molar-refractivity contribution is 5.32. The van der Waals surface area contributed by atoms with Crippen LogP contribution in [-0.2, 0) is 12.7 Å². The lowest BCUT2D eigenvalue weighted by Crippen LogP contribution is -2.21. The molecule has 2 nitrogen and oxygen atoms in total. The molecule has 0 aliphatic heterocycles. The molecule has 1 N–H and O–H groups in total. The van der Waals surface area contributed by atoms with Crippen molar-refractivity contribution in [2.24, 2.45) is 0 Å². The molecule has 5 heteroatoms. The van der Waals surface area contributed by atoms with Gasteiger partial charge in [0.2, 0.25) is 0 Å². The second kappa shape index (κ2) is 6.26. The van der Waals surface area contributed by atoms with E-state index in [4.69, 9.17) is 0 Å². The average molecular weight is 294 g/mol. The Balaban J connectivity index is 2.12. The highest BCUT2D eigenvalue weighted by Gasteiger charge is 2.33. The topological polar surface area (TPSA) is 24.9 Å². The predicted molar refractivity (Wildman–Crippen MR) is 75.7 cm³/mol. The normalized spacial score (nSPS) is 13.2. The zero-order valence-electron chi connectivity index (χ0n) is 11.9. The lowest BCUT2D eigenvalue weighted by molar-refractivity contribution is -0.138. The highest BCUT2D eigenvalue weighted by atomic mass is 19.4. The number of aromatic nitrogens is 1. The number of nitrogens with one attached hydrogen (secondary N) is 1. The number of hydrogen-bond acceptors (Lipinski definition) is 2. The molecule has 0 radical (unpaired) electrons. The van der Waals surface area contributed by atoms with Crippen molar-refractivity contribution in [3.05, 3.63) is 65.0 Å². The Hall–Kier alpha value is -1.88. The van der Waals surface area contributed by atoms with Gasteiger partial charge in [0.15, 0.2) is 0 Å². The second-order valence-electron chi connectivity index (χ2n) is 4.99. The van der Waals surface area contributed by atoms with Crippen LogP contribution in [0.1, 0.15) is 35.3 Å². The number of halogens is 3. The Morgan fingerprint density at radius 3 is 2.57 bits per heavy atom. The highest BCUT2D eigenvalue weighted by Crippen LogP contribution is 2.34. The van der Waals surface area contributed by atoms with E-state index in [9.17, 15) is 13.2 Å². The van der Waals surface area contributed by atoms with E-state index in [1.165, 1.54) is 12.1 Å². The molecule has 1 atom stereocenters. The molecule has 0 aliphatic rings. The fourth-order valence-corrected chi connectivity index (χ4v) is 2.23. The van der Waals surface area contributed by atoms with Crippen LogP contribution in [0.4, 0.5) is 13.2 Å². The van der Waals surface area contributed by atoms with Crippen molar-refractivity contribution in [3.8, 4) is 0 Å². The van der Waals surface area contributed by atoms with E-state index in [2.05, 4.69) is 10.3 Å². The Labute approximate surface area is 122 Å². The van der Waals surface area contributed by atoms with Crippen molar-refractivity contribution < 1.29 is 13.2 Å². The zero-order chi connectivity index (χ0) is 15.5. The lowest BCUT2D eigenvalue weighted by atomic mass is 10.0. The first-order valence-corrected chi connectivity index (χ1v) is 6.69. The van der Waals surface area contributed by atoms with E-state index in [1.54, 1.807) is 19.2 Å². The maximum absolute atomic E-state index is 13.0. The van der Waals surface area contributed by atoms with E-state index < -0.39 is 17.8 Å². The molecule has 0 saturated heterocycles. The van der Waals surface area contributed by atoms with Crippen LogP contribution in [0.25, 0.3) is 0 Å². The summed E-state index contributed by atoms with van der Waals surface area (Å²) >= 11 is 0. The van der Waals surface area contributed by atoms with Gasteiger partial charge in [-0.25, -0.2) is 0 Å². The van der Waals surface area contributed by atoms with Crippen LogP contribution in [0.3, 0.4) is 0 Å². The van der Waals surface area contributed by atoms with Crippen LogP contribution < -0.4 is 5.32 Å². The van der Waals surface area contributed by atoms with Crippen molar-refractivity contribution in [1.29, 1.82) is 0 Å². The largest absolute Gasteiger partial charge is 0.416 e. The van der Waals surface area contributed by atoms with Crippen LogP contribution >= 0.6 is 0 Å². The molecule has 2 aromatic rings. The van der Waals surface area contributed by atoms with Gasteiger partial charge in [-0.1, -0.05) is 18.2 Å². The van der Waals surface area contributed by atoms with Gasteiger partial charge in [0, 0.05) is 24.5 Å². The summed E-state index contributed by atoms with van der Waals surface area (Å²) in [5.41, 5.74) is 1.56. The molecule has 112 valence electrons. The Morgan fingerprint density at radius 1 is 1.19 bits per heavy atom. The Morgan fingerprint density at radius 2 is 1.90 bits per heavy atom. The molecule has 0 amide bonds. The van der Waals surface area contributed by atoms with Gasteiger partial charge in [-0.15, -0.1) is 0 Å². The number of alkyl halides is 3. The first-order chi connectivity index (χ1) is 9.88. The third kappa shape index (κ3) is 4.04. The Bertz CT molecular complexity index is 608. The first kappa shape index (κ1) is 15.5. The summed E-state index contributed by atoms with van der Waals surface area (Å²) < 4.78 is 39.0. The summed E-state index contributed by atoms with van der Waals surface area (Å²) in [5.74, 6) is 0. The third-order valence-electron chi connectivity index (χ3n) is 3.31. The van der Waals surface area contributed by atoms with Gasteiger partial charge in [-0.2, -0.15) is 13.2 Å². The van der Waals surface area contributed by atoms with Gasteiger partial charge < -0.3 is 5.32 Å². The number of rotatable bonds is 4. The summed E-state index contributed by atoms with van der Waals surface area (Å²) in [4.78, 5) is 4.09. The SMILES string of the molecule is Cc1cc(CNC(C)c2ccccc2C(F)(F)F)ccn1. The molecule has 1 aromatic carbocycles. The molecule has 0 fully saturated rings. The third-order valence-corrected chi connectivity index (χ3v) is 3.31. The molecule has 1 aromatic heterocycles. The summed E-state index contributed by atoms with van der Waals surface area (Å²) in [6, 6.07) is 9.03. The fourth-order valence-electron chi connectivity index (χ4n) is 2.23. The van der Waals surface area contributed by atoms with Gasteiger partial charge in [-0.3, -0.25) is 4.98 Å². The van der Waals surface area contributed by atoms with E-state index in [-0.39, 0.29) is 5.56 Å². The summed E-state index contributed by atoms with van der Waals surface area (Å²) in [6.45, 7) is 4.11. The minimum absolute atomic E-state index is 0.260. The first-order valence-electron chi connectivity index (χ1n) is 6.69. The number of pyridine rings is 1. The van der Waals surface area contributed by atoms with E-state index in [0.29, 0.717) is 6.54 Å². The number of aryl methyl sites for hydroxylation is 1. The Kier molecular flexibility index (Phi) is 4.63. The molecule has 0 spiro atoms. The number of hydrogen-bond donors (Lipinski definition) is 1. The molecule has 21 heavy (non-hydrogen) atoms. The van der Waals surface area contributed by atoms with Gasteiger partial charge in [0.1, 0.15) is 0 Å². The van der Waals surface area contributed by atoms with Gasteiger partial charge in [0.05, 0.1) is 5.56 Å². The molecule has 1 unspecified atom stereocenters. The predicted octanol–water partition coefficient (Wildman–Crippen LogP) is 4.26. The lowest BCUT2D eigenvalue weighted by Gasteiger charge is -2.19. The summed E-state index contributed by atoms with van der Waals surface area (Å²) in [6.07, 6.45) is -2.64. The monoisotopic (exact) mass is 294 g/mol. The van der Waals surface area contributed by atoms with Crippen molar-refractivity contribution in [2.45, 2.75) is 32.6 Å². The van der Waals surface area contributed by atoms with E-state index in [0.717, 1.165) is 17.3 Å². The molecule has 0 bridgehead atoms. The number of nitrogens with zero attached hydrogens (tertiary/aromatic N) is 1. The minimum atomic E-state index is -4.33. The van der Waals surface area contributed by atoms with E-state index >= 15 is 0 Å². The molecule has 2 rings (SSSR count). The molecule has 0 saturated carbocycles. The van der Waals surface area contributed by atoms with Gasteiger partial charge in [-0.05, 0) is 43.2 Å². The minimum Gasteiger partial charge on any atom is -0.306 e. The van der Waals surface area contributed by atoms with Crippen molar-refractivity contribution in [3.63, 3.8) is 0 Å². The van der Waals surface area contributed by atoms with Crippen molar-refractivity contribution in [2.75, 3.05) is 0 Å². The molecule has 0 aliphatic carbocycles. The summed E-state index contributed by atoms with van der Waals surface area (Å²) in [5, 5.41) is 3.13. The van der Waals surface area contributed by atoms with Crippen LogP contribution in [0.2, 0.25) is 0 Å². The van der Waals surface area contributed by atoms with Gasteiger partial charge >= 0.3 is 6.18 Å². The van der Waals surface area contributed by atoms with Crippen molar-refractivity contribution >= 4 is 0 Å². The smallest absolute Gasteiger partial charge is 0.306 e. The molecule has 1 heterocycles. The van der Waals surface area contributed by atoms with Crippen LogP contribution in [-0.4, -0.2) is 4.98 Å². The standard InChI is InChI=1S/C16H17F3N2/c1-11-9-13(7-8-20-11)10-21-12(2)14-5-3-4-6-15(14)16(17,18)19/h3-9,12,21H,10H2,1-2H3.